The lowest BCUT2D eigenvalue weighted by Crippen LogP contribution is -2.48. The Balaban J connectivity index is 0.712. The van der Waals surface area contributed by atoms with Gasteiger partial charge in [-0.15, -0.1) is 11.3 Å². The fourth-order valence-corrected chi connectivity index (χ4v) is 13.3. The second-order valence-electron chi connectivity index (χ2n) is 20.2. The molecule has 12 rings (SSSR count). The molecule has 6 aromatic rings. The summed E-state index contributed by atoms with van der Waals surface area (Å²) in [5.41, 5.74) is 12.4. The molecule has 18 heteroatoms. The van der Waals surface area contributed by atoms with Crippen LogP contribution in [0.2, 0.25) is 0 Å². The summed E-state index contributed by atoms with van der Waals surface area (Å²) in [6.07, 6.45) is 17.6. The highest BCUT2D eigenvalue weighted by atomic mass is 32.1. The minimum Gasteiger partial charge on any atom is -0.477 e. The number of imide groups is 1. The average Bonchev–Trinajstić information content (AvgIpc) is 3.63. The van der Waals surface area contributed by atoms with Gasteiger partial charge in [0.2, 0.25) is 23.6 Å². The molecule has 1 saturated carbocycles. The number of amides is 2. The zero-order valence-electron chi connectivity index (χ0n) is 38.3. The molecule has 17 nitrogen and oxygen atoms in total. The first-order chi connectivity index (χ1) is 33.1. The number of fused-ring (bicyclic) bond motifs is 5. The van der Waals surface area contributed by atoms with Gasteiger partial charge in [0.25, 0.3) is 0 Å². The van der Waals surface area contributed by atoms with Crippen molar-refractivity contribution in [1.29, 1.82) is 5.26 Å². The Morgan fingerprint density at radius 2 is 1.72 bits per heavy atom. The van der Waals surface area contributed by atoms with Crippen LogP contribution in [-0.2, 0) is 34.9 Å². The van der Waals surface area contributed by atoms with Crippen LogP contribution in [0.3, 0.4) is 0 Å². The number of nitrogens with one attached hydrogen (secondary N) is 1. The van der Waals surface area contributed by atoms with Crippen molar-refractivity contribution in [3.05, 3.63) is 76.0 Å². The average molecular weight is 935 g/mol. The summed E-state index contributed by atoms with van der Waals surface area (Å²) in [5, 5.41) is 23.7. The van der Waals surface area contributed by atoms with E-state index in [0.29, 0.717) is 64.5 Å². The third-order valence-corrected chi connectivity index (χ3v) is 17.2. The van der Waals surface area contributed by atoms with Gasteiger partial charge in [0.05, 0.1) is 53.2 Å². The number of anilines is 2. The number of hydrogen-bond donors (Lipinski definition) is 2. The summed E-state index contributed by atoms with van der Waals surface area (Å²) in [4.78, 5) is 48.8. The number of aryl methyl sites for hydroxylation is 2. The molecule has 68 heavy (non-hydrogen) atoms. The molecule has 350 valence electrons. The maximum atomic E-state index is 12.7. The molecule has 3 aliphatic carbocycles. The summed E-state index contributed by atoms with van der Waals surface area (Å²) in [7, 11) is 1.93. The van der Waals surface area contributed by atoms with Gasteiger partial charge >= 0.3 is 0 Å². The van der Waals surface area contributed by atoms with Crippen LogP contribution in [-0.4, -0.2) is 90.9 Å². The van der Waals surface area contributed by atoms with Gasteiger partial charge in [-0.1, -0.05) is 5.16 Å². The molecular weight excluding hydrogens is 881 g/mol. The predicted molar refractivity (Wildman–Crippen MR) is 252 cm³/mol. The van der Waals surface area contributed by atoms with Crippen LogP contribution >= 0.6 is 11.3 Å². The highest BCUT2D eigenvalue weighted by molar-refractivity contribution is 7.16. The molecule has 6 aliphatic rings. The van der Waals surface area contributed by atoms with Crippen LogP contribution in [0, 0.1) is 22.2 Å². The van der Waals surface area contributed by atoms with Crippen LogP contribution in [0.25, 0.3) is 22.4 Å². The molecule has 1 unspecified atom stereocenters. The monoisotopic (exact) mass is 934 g/mol. The minimum absolute atomic E-state index is 0.0503. The molecular formula is C50H54N12O5S. The number of hydrogen-bond acceptors (Lipinski definition) is 16. The quantitative estimate of drug-likeness (QED) is 0.131. The zero-order valence-corrected chi connectivity index (χ0v) is 39.1. The standard InChI is InChI=1S/C50H54N12O5S/c1-60-36-22-30(6-7-32(36)42(58-60)34-8-9-38(63)55-47(34)64)62-20-16-48(17-21-62)14-18-61(19-15-48)27-49(12-13-49)28-65-39-23-40(66-31-25-53-29-54-26-31)57-46(56-39)43-33-4-2-10-50(44(33)67-59-43)11-3-5-37-41(50)35(24-51)45(52)68-37/h6-7,22-23,25-26,29,34H,2-5,8-21,27-28,52H2,1H3,(H,55,63,64)/t34?,50-/m0/s1. The molecule has 4 fully saturated rings. The number of ether oxygens (including phenoxy) is 2. The molecule has 0 radical (unpaired) electrons. The topological polar surface area (TPSA) is 216 Å². The summed E-state index contributed by atoms with van der Waals surface area (Å²) in [6, 6.07) is 10.6. The van der Waals surface area contributed by atoms with Crippen molar-refractivity contribution >= 4 is 44.7 Å². The number of benzene rings is 1. The summed E-state index contributed by atoms with van der Waals surface area (Å²) < 4.78 is 21.0. The SMILES string of the molecule is Cn1nc(C2CCC(=O)NC2=O)c2ccc(N3CCC4(CCN(CC5(COc6cc(Oc7cncnc7)nc(-c7noc8c7CCC[C@@]87CCCc8sc(N)c(C#N)c87)n6)CC5)CC4)CC3)cc21. The number of likely N-dealkylation sites (tertiary alicyclic amines) is 1. The maximum absolute atomic E-state index is 12.7. The number of aromatic nitrogens is 7. The molecule has 3 aliphatic heterocycles. The smallest absolute Gasteiger partial charge is 0.235 e. The van der Waals surface area contributed by atoms with Crippen molar-refractivity contribution in [3.63, 3.8) is 0 Å². The first-order valence-electron chi connectivity index (χ1n) is 24.1. The number of nitrogen functional groups attached to an aromatic ring is 1. The van der Waals surface area contributed by atoms with Crippen LogP contribution < -0.4 is 25.4 Å². The van der Waals surface area contributed by atoms with Gasteiger partial charge in [-0.3, -0.25) is 19.6 Å². The van der Waals surface area contributed by atoms with Crippen molar-refractivity contribution in [2.45, 2.75) is 101 Å². The third-order valence-electron chi connectivity index (χ3n) is 16.1. The number of rotatable bonds is 10. The Bertz CT molecular complexity index is 2990. The molecule has 5 aromatic heterocycles. The molecule has 2 amide bonds. The fourth-order valence-electron chi connectivity index (χ4n) is 12.1. The van der Waals surface area contributed by atoms with E-state index in [1.165, 1.54) is 41.1 Å². The van der Waals surface area contributed by atoms with E-state index in [1.54, 1.807) is 18.5 Å². The summed E-state index contributed by atoms with van der Waals surface area (Å²) in [5.74, 6) is 1.43. The van der Waals surface area contributed by atoms with E-state index in [9.17, 15) is 14.9 Å². The van der Waals surface area contributed by atoms with Crippen molar-refractivity contribution in [1.82, 2.24) is 45.1 Å². The van der Waals surface area contributed by atoms with E-state index in [2.05, 4.69) is 54.5 Å². The molecule has 8 heterocycles. The number of nitriles is 1. The summed E-state index contributed by atoms with van der Waals surface area (Å²) >= 11 is 1.53. The van der Waals surface area contributed by atoms with E-state index in [1.807, 2.05) is 11.7 Å². The number of piperidine rings is 3. The second-order valence-corrected chi connectivity index (χ2v) is 21.3. The highest BCUT2D eigenvalue weighted by Crippen LogP contribution is 2.55. The number of thiophene rings is 1. The minimum atomic E-state index is -0.464. The number of carbonyl (C=O) groups excluding carboxylic acids is 2. The molecule has 0 bridgehead atoms. The van der Waals surface area contributed by atoms with Gasteiger partial charge in [0.1, 0.15) is 17.4 Å². The second kappa shape index (κ2) is 16.7. The Labute approximate surface area is 397 Å². The predicted octanol–water partition coefficient (Wildman–Crippen LogP) is 7.14. The Morgan fingerprint density at radius 1 is 0.956 bits per heavy atom. The number of carbonyl (C=O) groups is 2. The summed E-state index contributed by atoms with van der Waals surface area (Å²) in [6.45, 7) is 5.69. The van der Waals surface area contributed by atoms with Gasteiger partial charge in [0.15, 0.2) is 23.0 Å². The Hall–Kier alpha value is -6.45. The van der Waals surface area contributed by atoms with Crippen molar-refractivity contribution in [2.24, 2.45) is 17.9 Å². The van der Waals surface area contributed by atoms with Gasteiger partial charge < -0.3 is 29.5 Å². The lowest BCUT2D eigenvalue weighted by atomic mass is 9.63. The van der Waals surface area contributed by atoms with Crippen LogP contribution in [0.15, 0.2) is 47.5 Å². The lowest BCUT2D eigenvalue weighted by Gasteiger charge is -2.48. The number of nitrogens with zero attached hydrogens (tertiary/aromatic N) is 10. The van der Waals surface area contributed by atoms with Gasteiger partial charge in [-0.05, 0) is 126 Å². The molecule has 2 atom stereocenters. The van der Waals surface area contributed by atoms with Gasteiger partial charge in [-0.2, -0.15) is 20.3 Å². The first kappa shape index (κ1) is 42.9. The molecule has 3 N–H and O–H groups in total. The van der Waals surface area contributed by atoms with Crippen molar-refractivity contribution in [2.75, 3.05) is 50.0 Å². The first-order valence-corrected chi connectivity index (χ1v) is 25.0. The van der Waals surface area contributed by atoms with Crippen molar-refractivity contribution in [3.8, 4) is 35.1 Å². The van der Waals surface area contributed by atoms with E-state index in [4.69, 9.17) is 34.8 Å². The Morgan fingerprint density at radius 3 is 2.49 bits per heavy atom. The van der Waals surface area contributed by atoms with Crippen LogP contribution in [0.1, 0.15) is 116 Å². The van der Waals surface area contributed by atoms with Gasteiger partial charge in [0, 0.05) is 60.0 Å². The van der Waals surface area contributed by atoms with Gasteiger partial charge in [-0.25, -0.2) is 9.97 Å². The largest absolute Gasteiger partial charge is 0.477 e. The van der Waals surface area contributed by atoms with Crippen molar-refractivity contribution < 1.29 is 23.6 Å². The van der Waals surface area contributed by atoms with Crippen LogP contribution in [0.4, 0.5) is 10.7 Å². The maximum Gasteiger partial charge on any atom is 0.235 e. The zero-order chi connectivity index (χ0) is 46.2. The van der Waals surface area contributed by atoms with E-state index < -0.39 is 11.3 Å². The highest BCUT2D eigenvalue weighted by Gasteiger charge is 2.50. The molecule has 2 spiro atoms. The number of nitrogens with two attached hydrogens (primary N) is 1. The third kappa shape index (κ3) is 7.54. The van der Waals surface area contributed by atoms with E-state index in [0.717, 1.165) is 130 Å². The molecule has 3 saturated heterocycles. The van der Waals surface area contributed by atoms with Crippen LogP contribution in [0.5, 0.6) is 17.5 Å². The molecule has 1 aromatic carbocycles. The normalized spacial score (nSPS) is 23.0. The lowest BCUT2D eigenvalue weighted by molar-refractivity contribution is -0.134. The Kier molecular flexibility index (Phi) is 10.5. The van der Waals surface area contributed by atoms with E-state index in [-0.39, 0.29) is 17.2 Å². The fraction of sp³-hybridized carbons (Fsp3) is 0.500. The van der Waals surface area contributed by atoms with E-state index >= 15 is 0 Å².